The summed E-state index contributed by atoms with van der Waals surface area (Å²) in [5.74, 6) is -0.0395. The van der Waals surface area contributed by atoms with Crippen LogP contribution in [0, 0.1) is 29.1 Å². The van der Waals surface area contributed by atoms with Crippen molar-refractivity contribution in [3.63, 3.8) is 0 Å². The van der Waals surface area contributed by atoms with Crippen LogP contribution in [0.15, 0.2) is 0 Å². The zero-order valence-electron chi connectivity index (χ0n) is 13.0. The molecule has 2 N–H and O–H groups in total. The van der Waals surface area contributed by atoms with Crippen LogP contribution >= 0.6 is 0 Å². The summed E-state index contributed by atoms with van der Waals surface area (Å²) < 4.78 is 0. The third-order valence-electron chi connectivity index (χ3n) is 5.81. The minimum atomic E-state index is -0.710. The highest BCUT2D eigenvalue weighted by atomic mass is 16.4. The van der Waals surface area contributed by atoms with Crippen molar-refractivity contribution < 1.29 is 14.7 Å². The van der Waals surface area contributed by atoms with Gasteiger partial charge in [0.05, 0.1) is 5.92 Å². The maximum Gasteiger partial charge on any atom is 0.307 e. The third-order valence-corrected chi connectivity index (χ3v) is 5.81. The van der Waals surface area contributed by atoms with E-state index in [1.54, 1.807) is 0 Å². The van der Waals surface area contributed by atoms with Gasteiger partial charge in [-0.3, -0.25) is 9.59 Å². The average Bonchev–Trinajstić information content (AvgIpc) is 3.17. The molecule has 0 bridgehead atoms. The number of carboxylic acids is 1. The van der Waals surface area contributed by atoms with Gasteiger partial charge in [0, 0.05) is 12.0 Å². The zero-order valence-corrected chi connectivity index (χ0v) is 13.0. The Labute approximate surface area is 121 Å². The van der Waals surface area contributed by atoms with Crippen LogP contribution in [0.3, 0.4) is 0 Å². The molecule has 2 rings (SSSR count). The molecule has 1 amide bonds. The van der Waals surface area contributed by atoms with Gasteiger partial charge in [-0.05, 0) is 42.9 Å². The standard InChI is InChI=1S/C16H27NO3/c1-9(11-5-6-11)14(18)17-13-8-7-12(15(19)20)16(3,4)10(13)2/h9-13H,5-8H2,1-4H3,(H,17,18)(H,19,20). The quantitative estimate of drug-likeness (QED) is 0.832. The van der Waals surface area contributed by atoms with Crippen LogP contribution in [-0.2, 0) is 9.59 Å². The Morgan fingerprint density at radius 1 is 1.20 bits per heavy atom. The van der Waals surface area contributed by atoms with Crippen LogP contribution < -0.4 is 5.32 Å². The lowest BCUT2D eigenvalue weighted by Gasteiger charge is -2.46. The SMILES string of the molecule is CC(C(=O)NC1CCC(C(=O)O)C(C)(C)C1C)C1CC1. The number of hydrogen-bond donors (Lipinski definition) is 2. The zero-order chi connectivity index (χ0) is 15.1. The third kappa shape index (κ3) is 2.84. The van der Waals surface area contributed by atoms with E-state index >= 15 is 0 Å². The van der Waals surface area contributed by atoms with Crippen molar-refractivity contribution in [3.8, 4) is 0 Å². The molecule has 0 saturated heterocycles. The first-order valence-corrected chi connectivity index (χ1v) is 7.78. The molecule has 0 radical (unpaired) electrons. The summed E-state index contributed by atoms with van der Waals surface area (Å²) in [6, 6.07) is 0.106. The summed E-state index contributed by atoms with van der Waals surface area (Å²) in [6.07, 6.45) is 3.75. The summed E-state index contributed by atoms with van der Waals surface area (Å²) in [4.78, 5) is 23.6. The minimum absolute atomic E-state index is 0.0995. The second-order valence-corrected chi connectivity index (χ2v) is 7.32. The van der Waals surface area contributed by atoms with Crippen LogP contribution in [0.5, 0.6) is 0 Å². The topological polar surface area (TPSA) is 66.4 Å². The van der Waals surface area contributed by atoms with E-state index in [2.05, 4.69) is 12.2 Å². The molecule has 2 aliphatic rings. The van der Waals surface area contributed by atoms with Gasteiger partial charge < -0.3 is 10.4 Å². The Kier molecular flexibility index (Phi) is 4.12. The summed E-state index contributed by atoms with van der Waals surface area (Å²) in [7, 11) is 0. The van der Waals surface area contributed by atoms with Crippen molar-refractivity contribution in [2.75, 3.05) is 0 Å². The molecule has 0 aromatic heterocycles. The molecule has 4 unspecified atom stereocenters. The van der Waals surface area contributed by atoms with Gasteiger partial charge in [-0.2, -0.15) is 0 Å². The van der Waals surface area contributed by atoms with Gasteiger partial charge >= 0.3 is 5.97 Å². The van der Waals surface area contributed by atoms with Crippen molar-refractivity contribution in [2.24, 2.45) is 29.1 Å². The number of carbonyl (C=O) groups is 2. The van der Waals surface area contributed by atoms with Crippen LogP contribution in [0.1, 0.15) is 53.4 Å². The molecule has 2 aliphatic carbocycles. The molecular weight excluding hydrogens is 254 g/mol. The number of aliphatic carboxylic acids is 1. The van der Waals surface area contributed by atoms with Crippen molar-refractivity contribution >= 4 is 11.9 Å². The fourth-order valence-corrected chi connectivity index (χ4v) is 3.57. The highest BCUT2D eigenvalue weighted by Crippen LogP contribution is 2.45. The Hall–Kier alpha value is -1.06. The number of hydrogen-bond acceptors (Lipinski definition) is 2. The molecule has 114 valence electrons. The van der Waals surface area contributed by atoms with Gasteiger partial charge in [-0.25, -0.2) is 0 Å². The van der Waals surface area contributed by atoms with Gasteiger partial charge in [-0.1, -0.05) is 27.7 Å². The van der Waals surface area contributed by atoms with E-state index in [1.807, 2.05) is 20.8 Å². The van der Waals surface area contributed by atoms with E-state index in [0.29, 0.717) is 12.3 Å². The molecule has 4 heteroatoms. The van der Waals surface area contributed by atoms with Crippen molar-refractivity contribution in [1.29, 1.82) is 0 Å². The maximum absolute atomic E-state index is 12.2. The van der Waals surface area contributed by atoms with Gasteiger partial charge in [0.15, 0.2) is 0 Å². The highest BCUT2D eigenvalue weighted by molar-refractivity contribution is 5.79. The lowest BCUT2D eigenvalue weighted by atomic mass is 9.61. The fraction of sp³-hybridized carbons (Fsp3) is 0.875. The molecule has 0 aromatic carbocycles. The van der Waals surface area contributed by atoms with Crippen LogP contribution in [-0.4, -0.2) is 23.0 Å². The van der Waals surface area contributed by atoms with E-state index in [4.69, 9.17) is 0 Å². The molecular formula is C16H27NO3. The molecule has 20 heavy (non-hydrogen) atoms. The summed E-state index contributed by atoms with van der Waals surface area (Å²) in [6.45, 7) is 8.10. The summed E-state index contributed by atoms with van der Waals surface area (Å²) in [5, 5.41) is 12.5. The first-order valence-electron chi connectivity index (χ1n) is 7.78. The van der Waals surface area contributed by atoms with E-state index < -0.39 is 5.97 Å². The number of rotatable bonds is 4. The van der Waals surface area contributed by atoms with Crippen LogP contribution in [0.2, 0.25) is 0 Å². The highest BCUT2D eigenvalue weighted by Gasteiger charge is 2.47. The second kappa shape index (κ2) is 5.38. The van der Waals surface area contributed by atoms with Gasteiger partial charge in [-0.15, -0.1) is 0 Å². The molecule has 0 spiro atoms. The Balaban J connectivity index is 2.00. The number of carbonyl (C=O) groups excluding carboxylic acids is 1. The van der Waals surface area contributed by atoms with E-state index in [1.165, 1.54) is 12.8 Å². The predicted molar refractivity (Wildman–Crippen MR) is 77.1 cm³/mol. The van der Waals surface area contributed by atoms with Crippen molar-refractivity contribution in [2.45, 2.75) is 59.4 Å². The second-order valence-electron chi connectivity index (χ2n) is 7.32. The van der Waals surface area contributed by atoms with Crippen molar-refractivity contribution in [3.05, 3.63) is 0 Å². The fourth-order valence-electron chi connectivity index (χ4n) is 3.57. The van der Waals surface area contributed by atoms with E-state index in [0.717, 1.165) is 6.42 Å². The largest absolute Gasteiger partial charge is 0.481 e. The summed E-state index contributed by atoms with van der Waals surface area (Å²) >= 11 is 0. The molecule has 2 fully saturated rings. The van der Waals surface area contributed by atoms with Gasteiger partial charge in [0.25, 0.3) is 0 Å². The molecule has 4 nitrogen and oxygen atoms in total. The number of carboxylic acid groups (broad SMARTS) is 1. The molecule has 4 atom stereocenters. The van der Waals surface area contributed by atoms with Gasteiger partial charge in [0.1, 0.15) is 0 Å². The van der Waals surface area contributed by atoms with E-state index in [-0.39, 0.29) is 35.1 Å². The summed E-state index contributed by atoms with van der Waals surface area (Å²) in [5.41, 5.74) is -0.287. The predicted octanol–water partition coefficient (Wildman–Crippen LogP) is 2.67. The molecule has 2 saturated carbocycles. The first kappa shape index (κ1) is 15.3. The van der Waals surface area contributed by atoms with Crippen LogP contribution in [0.4, 0.5) is 0 Å². The maximum atomic E-state index is 12.2. The van der Waals surface area contributed by atoms with Gasteiger partial charge in [0.2, 0.25) is 5.91 Å². The lowest BCUT2D eigenvalue weighted by Crippen LogP contribution is -2.53. The molecule has 0 aliphatic heterocycles. The Morgan fingerprint density at radius 3 is 2.30 bits per heavy atom. The minimum Gasteiger partial charge on any atom is -0.481 e. The normalized spacial score (nSPS) is 34.3. The first-order chi connectivity index (χ1) is 9.25. The smallest absolute Gasteiger partial charge is 0.307 e. The van der Waals surface area contributed by atoms with E-state index in [9.17, 15) is 14.7 Å². The lowest BCUT2D eigenvalue weighted by molar-refractivity contribution is -0.150. The van der Waals surface area contributed by atoms with Crippen LogP contribution in [0.25, 0.3) is 0 Å². The number of nitrogens with one attached hydrogen (secondary N) is 1. The number of amides is 1. The van der Waals surface area contributed by atoms with Crippen molar-refractivity contribution in [1.82, 2.24) is 5.32 Å². The molecule has 0 aromatic rings. The monoisotopic (exact) mass is 281 g/mol. The Morgan fingerprint density at radius 2 is 1.80 bits per heavy atom. The Bertz CT molecular complexity index is 401. The molecule has 0 heterocycles. The average molecular weight is 281 g/mol.